The Balaban J connectivity index is 1.53. The van der Waals surface area contributed by atoms with Gasteiger partial charge in [0.2, 0.25) is 0 Å². The number of aromatic amines is 1. The number of H-pyrrole nitrogens is 1. The number of hydrogen-bond acceptors (Lipinski definition) is 3. The molecule has 6 heteroatoms. The SMILES string of the molecule is O=C(CCc1c(F)cccc1Cl)c1coc(-c2c[nH]c3ncccc23)c1. The molecule has 1 N–H and O–H groups in total. The van der Waals surface area contributed by atoms with Gasteiger partial charge in [0.05, 0.1) is 5.56 Å². The molecule has 1 aromatic carbocycles. The van der Waals surface area contributed by atoms with E-state index in [-0.39, 0.29) is 18.6 Å². The summed E-state index contributed by atoms with van der Waals surface area (Å²) in [5.74, 6) is 0.0540. The van der Waals surface area contributed by atoms with Crippen LogP contribution in [0.5, 0.6) is 0 Å². The minimum atomic E-state index is -0.399. The van der Waals surface area contributed by atoms with E-state index in [1.54, 1.807) is 30.6 Å². The molecule has 0 unspecified atom stereocenters. The summed E-state index contributed by atoms with van der Waals surface area (Å²) in [7, 11) is 0. The first kappa shape index (κ1) is 16.5. The standard InChI is InChI=1S/C20H14ClFN2O2/c21-16-4-1-5-17(22)14(16)6-7-18(25)12-9-19(26-11-12)15-10-24-20-13(15)3-2-8-23-20/h1-5,8-11H,6-7H2,(H,23,24). The van der Waals surface area contributed by atoms with Gasteiger partial charge in [0.15, 0.2) is 5.78 Å². The number of aromatic nitrogens is 2. The van der Waals surface area contributed by atoms with Crippen LogP contribution in [0.2, 0.25) is 5.02 Å². The zero-order chi connectivity index (χ0) is 18.1. The predicted octanol–water partition coefficient (Wildman–Crippen LogP) is 5.43. The topological polar surface area (TPSA) is 58.9 Å². The van der Waals surface area contributed by atoms with E-state index in [4.69, 9.17) is 16.0 Å². The summed E-state index contributed by atoms with van der Waals surface area (Å²) >= 11 is 6.01. The molecular formula is C20H14ClFN2O2. The summed E-state index contributed by atoms with van der Waals surface area (Å²) in [6.07, 6.45) is 5.31. The van der Waals surface area contributed by atoms with Crippen molar-refractivity contribution in [1.29, 1.82) is 0 Å². The van der Waals surface area contributed by atoms with Crippen LogP contribution in [0.4, 0.5) is 4.39 Å². The van der Waals surface area contributed by atoms with Crippen LogP contribution in [0.15, 0.2) is 59.5 Å². The molecule has 0 bridgehead atoms. The molecule has 4 aromatic rings. The number of halogens is 2. The fourth-order valence-corrected chi connectivity index (χ4v) is 3.20. The molecule has 26 heavy (non-hydrogen) atoms. The number of benzene rings is 1. The van der Waals surface area contributed by atoms with Crippen molar-refractivity contribution in [3.05, 3.63) is 77.0 Å². The van der Waals surface area contributed by atoms with E-state index in [2.05, 4.69) is 9.97 Å². The molecule has 0 spiro atoms. The fraction of sp³-hybridized carbons (Fsp3) is 0.100. The Morgan fingerprint density at radius 2 is 2.15 bits per heavy atom. The maximum absolute atomic E-state index is 13.8. The molecule has 0 saturated carbocycles. The second-order valence-electron chi connectivity index (χ2n) is 5.92. The van der Waals surface area contributed by atoms with Crippen LogP contribution in [0, 0.1) is 5.82 Å². The molecule has 0 atom stereocenters. The van der Waals surface area contributed by atoms with Gasteiger partial charge >= 0.3 is 0 Å². The van der Waals surface area contributed by atoms with E-state index in [1.165, 1.54) is 12.3 Å². The lowest BCUT2D eigenvalue weighted by atomic mass is 10.0. The van der Waals surface area contributed by atoms with E-state index < -0.39 is 5.82 Å². The Kier molecular flexibility index (Phi) is 4.31. The molecule has 0 saturated heterocycles. The Morgan fingerprint density at radius 3 is 3.00 bits per heavy atom. The minimum absolute atomic E-state index is 0.128. The largest absolute Gasteiger partial charge is 0.464 e. The van der Waals surface area contributed by atoms with Crippen molar-refractivity contribution in [1.82, 2.24) is 9.97 Å². The highest BCUT2D eigenvalue weighted by Gasteiger charge is 2.16. The lowest BCUT2D eigenvalue weighted by Crippen LogP contribution is -2.01. The number of pyridine rings is 1. The molecule has 3 heterocycles. The number of nitrogens with one attached hydrogen (secondary N) is 1. The van der Waals surface area contributed by atoms with Gasteiger partial charge in [-0.1, -0.05) is 17.7 Å². The average molecular weight is 369 g/mol. The molecule has 130 valence electrons. The van der Waals surface area contributed by atoms with Gasteiger partial charge in [0, 0.05) is 40.4 Å². The van der Waals surface area contributed by atoms with E-state index in [0.717, 1.165) is 16.6 Å². The van der Waals surface area contributed by atoms with E-state index >= 15 is 0 Å². The number of furan rings is 1. The van der Waals surface area contributed by atoms with Crippen LogP contribution in [0.3, 0.4) is 0 Å². The van der Waals surface area contributed by atoms with Crippen LogP contribution in [-0.4, -0.2) is 15.8 Å². The molecule has 3 aromatic heterocycles. The van der Waals surface area contributed by atoms with Gasteiger partial charge in [-0.3, -0.25) is 4.79 Å². The Hall–Kier alpha value is -2.92. The number of rotatable bonds is 5. The summed E-state index contributed by atoms with van der Waals surface area (Å²) in [5, 5.41) is 1.25. The zero-order valence-electron chi connectivity index (χ0n) is 13.6. The number of nitrogens with zero attached hydrogens (tertiary/aromatic N) is 1. The van der Waals surface area contributed by atoms with Crippen molar-refractivity contribution < 1.29 is 13.6 Å². The summed E-state index contributed by atoms with van der Waals surface area (Å²) in [6.45, 7) is 0. The molecule has 4 rings (SSSR count). The highest BCUT2D eigenvalue weighted by molar-refractivity contribution is 6.31. The third kappa shape index (κ3) is 3.02. The third-order valence-electron chi connectivity index (χ3n) is 4.30. The number of carbonyl (C=O) groups is 1. The molecule has 0 aliphatic heterocycles. The zero-order valence-corrected chi connectivity index (χ0v) is 14.4. The highest BCUT2D eigenvalue weighted by Crippen LogP contribution is 2.29. The van der Waals surface area contributed by atoms with Gasteiger partial charge in [-0.25, -0.2) is 9.37 Å². The van der Waals surface area contributed by atoms with E-state index in [0.29, 0.717) is 21.9 Å². The lowest BCUT2D eigenvalue weighted by molar-refractivity contribution is 0.0982. The van der Waals surface area contributed by atoms with Gasteiger partial charge in [-0.2, -0.15) is 0 Å². The molecule has 0 radical (unpaired) electrons. The number of Topliss-reactive ketones (excluding diaryl/α,β-unsaturated/α-hetero) is 1. The van der Waals surface area contributed by atoms with Crippen LogP contribution < -0.4 is 0 Å². The first-order valence-corrected chi connectivity index (χ1v) is 8.48. The average Bonchev–Trinajstić information content (AvgIpc) is 3.28. The summed E-state index contributed by atoms with van der Waals surface area (Å²) < 4.78 is 19.4. The summed E-state index contributed by atoms with van der Waals surface area (Å²) in [6, 6.07) is 9.96. The lowest BCUT2D eigenvalue weighted by Gasteiger charge is -2.04. The van der Waals surface area contributed by atoms with Crippen molar-refractivity contribution >= 4 is 28.4 Å². The molecule has 0 fully saturated rings. The van der Waals surface area contributed by atoms with Gasteiger partial charge in [0.1, 0.15) is 23.5 Å². The first-order chi connectivity index (χ1) is 12.6. The summed E-state index contributed by atoms with van der Waals surface area (Å²) in [4.78, 5) is 19.7. The minimum Gasteiger partial charge on any atom is -0.464 e. The summed E-state index contributed by atoms with van der Waals surface area (Å²) in [5.41, 5.74) is 2.39. The molecule has 0 aliphatic rings. The van der Waals surface area contributed by atoms with Crippen molar-refractivity contribution in [3.8, 4) is 11.3 Å². The van der Waals surface area contributed by atoms with Gasteiger partial charge in [0.25, 0.3) is 0 Å². The number of ketones is 1. The van der Waals surface area contributed by atoms with E-state index in [9.17, 15) is 9.18 Å². The van der Waals surface area contributed by atoms with Crippen molar-refractivity contribution in [2.24, 2.45) is 0 Å². The van der Waals surface area contributed by atoms with Crippen molar-refractivity contribution in [2.75, 3.05) is 0 Å². The first-order valence-electron chi connectivity index (χ1n) is 8.10. The van der Waals surface area contributed by atoms with Crippen LogP contribution in [0.25, 0.3) is 22.4 Å². The molecule has 4 nitrogen and oxygen atoms in total. The smallest absolute Gasteiger partial charge is 0.166 e. The Labute approximate surface area is 153 Å². The van der Waals surface area contributed by atoms with Crippen LogP contribution in [0.1, 0.15) is 22.3 Å². The maximum Gasteiger partial charge on any atom is 0.166 e. The maximum atomic E-state index is 13.8. The third-order valence-corrected chi connectivity index (χ3v) is 4.66. The van der Waals surface area contributed by atoms with Crippen LogP contribution in [-0.2, 0) is 6.42 Å². The quantitative estimate of drug-likeness (QED) is 0.478. The normalized spacial score (nSPS) is 11.2. The van der Waals surface area contributed by atoms with E-state index in [1.807, 2.05) is 12.1 Å². The van der Waals surface area contributed by atoms with Crippen molar-refractivity contribution in [2.45, 2.75) is 12.8 Å². The Morgan fingerprint density at radius 1 is 1.27 bits per heavy atom. The van der Waals surface area contributed by atoms with Gasteiger partial charge in [-0.15, -0.1) is 0 Å². The fourth-order valence-electron chi connectivity index (χ4n) is 2.94. The highest BCUT2D eigenvalue weighted by atomic mass is 35.5. The number of carbonyl (C=O) groups excluding carboxylic acids is 1. The molecule has 0 aliphatic carbocycles. The van der Waals surface area contributed by atoms with Crippen LogP contribution >= 0.6 is 11.6 Å². The van der Waals surface area contributed by atoms with Gasteiger partial charge < -0.3 is 9.40 Å². The number of hydrogen-bond donors (Lipinski definition) is 1. The second-order valence-corrected chi connectivity index (χ2v) is 6.33. The molecule has 0 amide bonds. The van der Waals surface area contributed by atoms with Crippen molar-refractivity contribution in [3.63, 3.8) is 0 Å². The monoisotopic (exact) mass is 368 g/mol. The van der Waals surface area contributed by atoms with Gasteiger partial charge in [-0.05, 0) is 36.8 Å². The Bertz CT molecular complexity index is 1080. The predicted molar refractivity (Wildman–Crippen MR) is 97.9 cm³/mol. The number of fused-ring (bicyclic) bond motifs is 1. The second kappa shape index (κ2) is 6.77. The molecular weight excluding hydrogens is 355 g/mol.